The number of alkyl halides is 2. The monoisotopic (exact) mass is 539 g/mol. The van der Waals surface area contributed by atoms with E-state index in [1.165, 1.54) is 6.07 Å². The van der Waals surface area contributed by atoms with Crippen LogP contribution < -0.4 is 10.3 Å². The maximum absolute atomic E-state index is 12.8. The van der Waals surface area contributed by atoms with Crippen molar-refractivity contribution < 1.29 is 46.2 Å². The summed E-state index contributed by atoms with van der Waals surface area (Å²) in [6.07, 6.45) is -1.07. The molecule has 0 saturated heterocycles. The van der Waals surface area contributed by atoms with E-state index >= 15 is 0 Å². The number of pyridine rings is 1. The molecule has 2 rings (SSSR count). The van der Waals surface area contributed by atoms with E-state index < -0.39 is 18.5 Å². The van der Waals surface area contributed by atoms with Crippen molar-refractivity contribution in [3.8, 4) is 17.0 Å². The van der Waals surface area contributed by atoms with Gasteiger partial charge in [-0.2, -0.15) is 12.1 Å². The molecule has 0 fully saturated rings. The van der Waals surface area contributed by atoms with Crippen LogP contribution in [-0.4, -0.2) is 17.6 Å². The SMILES string of the molecule is C=CCOc1ccc(-c2[c-]cc(I)c(=O)n2CC(F)F)c(Cl)c1.[Y]. The van der Waals surface area contributed by atoms with E-state index in [4.69, 9.17) is 16.3 Å². The molecule has 3 nitrogen and oxygen atoms in total. The van der Waals surface area contributed by atoms with Crippen LogP contribution >= 0.6 is 34.2 Å². The van der Waals surface area contributed by atoms with Crippen molar-refractivity contribution in [1.82, 2.24) is 4.57 Å². The van der Waals surface area contributed by atoms with Crippen LogP contribution in [0.1, 0.15) is 0 Å². The summed E-state index contributed by atoms with van der Waals surface area (Å²) in [7, 11) is 0. The Balaban J connectivity index is 0.00000288. The van der Waals surface area contributed by atoms with Crippen LogP contribution in [-0.2, 0) is 39.3 Å². The summed E-state index contributed by atoms with van der Waals surface area (Å²) in [6.45, 7) is 3.15. The van der Waals surface area contributed by atoms with Gasteiger partial charge in [0.05, 0.1) is 6.54 Å². The fourth-order valence-corrected chi connectivity index (χ4v) is 2.68. The van der Waals surface area contributed by atoms with Gasteiger partial charge in [0.15, 0.2) is 0 Å². The summed E-state index contributed by atoms with van der Waals surface area (Å²) in [5, 5.41) is 0.284. The molecule has 1 aromatic carbocycles. The molecular formula is C16H12ClF2INO2Y-. The standard InChI is InChI=1S/C16H12ClF2INO2.Y/c1-2-7-23-10-3-4-11(12(17)8-10)14-6-5-13(20)16(22)21(14)9-15(18)19;/h2-5,8,15H,1,7,9H2;/q-1;. The maximum atomic E-state index is 12.8. The molecule has 0 spiro atoms. The van der Waals surface area contributed by atoms with Crippen LogP contribution in [0.25, 0.3) is 11.3 Å². The Morgan fingerprint density at radius 1 is 1.46 bits per heavy atom. The number of rotatable bonds is 6. The molecule has 0 aliphatic rings. The van der Waals surface area contributed by atoms with E-state index in [0.29, 0.717) is 21.5 Å². The number of hydrogen-bond donors (Lipinski definition) is 0. The Bertz CT molecular complexity index is 783. The number of aromatic nitrogens is 1. The number of halogens is 4. The molecule has 125 valence electrons. The second-order valence-corrected chi connectivity index (χ2v) is 6.10. The molecule has 2 aromatic rings. The minimum absolute atomic E-state index is 0. The Hall–Kier alpha value is -0.306. The number of hydrogen-bond acceptors (Lipinski definition) is 2. The molecule has 0 atom stereocenters. The average molecular weight is 540 g/mol. The minimum Gasteiger partial charge on any atom is -0.490 e. The number of ether oxygens (including phenoxy) is 1. The largest absolute Gasteiger partial charge is 0.490 e. The van der Waals surface area contributed by atoms with E-state index in [1.54, 1.807) is 46.9 Å². The van der Waals surface area contributed by atoms with Crippen LogP contribution in [0.2, 0.25) is 5.02 Å². The van der Waals surface area contributed by atoms with E-state index in [9.17, 15) is 13.6 Å². The first-order valence-corrected chi connectivity index (χ1v) is 8.02. The molecule has 0 unspecified atom stereocenters. The van der Waals surface area contributed by atoms with Gasteiger partial charge in [-0.3, -0.25) is 4.79 Å². The fourth-order valence-electron chi connectivity index (χ4n) is 1.97. The van der Waals surface area contributed by atoms with E-state index in [-0.39, 0.29) is 43.4 Å². The predicted octanol–water partition coefficient (Wildman–Crippen LogP) is 4.40. The number of benzene rings is 1. The van der Waals surface area contributed by atoms with Gasteiger partial charge in [0.2, 0.25) is 5.56 Å². The zero-order valence-electron chi connectivity index (χ0n) is 12.4. The summed E-state index contributed by atoms with van der Waals surface area (Å²) in [6, 6.07) is 9.13. The Morgan fingerprint density at radius 2 is 2.17 bits per heavy atom. The second-order valence-electron chi connectivity index (χ2n) is 4.53. The van der Waals surface area contributed by atoms with Crippen molar-refractivity contribution in [2.75, 3.05) is 6.61 Å². The molecule has 0 N–H and O–H groups in total. The molecule has 24 heavy (non-hydrogen) atoms. The zero-order valence-corrected chi connectivity index (χ0v) is 18.2. The molecule has 0 aliphatic carbocycles. The van der Waals surface area contributed by atoms with Gasteiger partial charge in [-0.1, -0.05) is 35.5 Å². The maximum Gasteiger partial charge on any atom is 0.256 e. The first-order valence-electron chi connectivity index (χ1n) is 6.56. The summed E-state index contributed by atoms with van der Waals surface area (Å²) in [5.74, 6) is 0.520. The third-order valence-electron chi connectivity index (χ3n) is 2.94. The Labute approximate surface area is 182 Å². The van der Waals surface area contributed by atoms with Gasteiger partial charge in [0.25, 0.3) is 6.43 Å². The van der Waals surface area contributed by atoms with Gasteiger partial charge >= 0.3 is 0 Å². The molecule has 1 radical (unpaired) electrons. The predicted molar refractivity (Wildman–Crippen MR) is 94.4 cm³/mol. The van der Waals surface area contributed by atoms with Gasteiger partial charge in [-0.15, -0.1) is 28.7 Å². The van der Waals surface area contributed by atoms with Gasteiger partial charge in [0, 0.05) is 32.7 Å². The molecule has 1 aromatic heterocycles. The van der Waals surface area contributed by atoms with Crippen LogP contribution in [0.4, 0.5) is 8.78 Å². The van der Waals surface area contributed by atoms with Crippen LogP contribution in [0.15, 0.2) is 41.7 Å². The summed E-state index contributed by atoms with van der Waals surface area (Å²) >= 11 is 8.00. The van der Waals surface area contributed by atoms with Crippen molar-refractivity contribution >= 4 is 34.2 Å². The van der Waals surface area contributed by atoms with Crippen molar-refractivity contribution in [2.45, 2.75) is 13.0 Å². The van der Waals surface area contributed by atoms with E-state index in [0.717, 1.165) is 4.57 Å². The third-order valence-corrected chi connectivity index (χ3v) is 4.02. The van der Waals surface area contributed by atoms with E-state index in [1.807, 2.05) is 0 Å². The first kappa shape index (κ1) is 21.7. The molecular weight excluding hydrogens is 527 g/mol. The zero-order chi connectivity index (χ0) is 17.0. The van der Waals surface area contributed by atoms with Crippen LogP contribution in [0.5, 0.6) is 5.75 Å². The van der Waals surface area contributed by atoms with Gasteiger partial charge < -0.3 is 9.30 Å². The topological polar surface area (TPSA) is 31.2 Å². The Morgan fingerprint density at radius 3 is 2.75 bits per heavy atom. The summed E-state index contributed by atoms with van der Waals surface area (Å²) in [5.41, 5.74) is 0.158. The third kappa shape index (κ3) is 5.34. The molecule has 0 amide bonds. The number of nitrogens with zero attached hydrogens (tertiary/aromatic N) is 1. The van der Waals surface area contributed by atoms with Crippen molar-refractivity contribution in [3.05, 3.63) is 61.9 Å². The molecule has 1 heterocycles. The Kier molecular flexibility index (Phi) is 9.05. The van der Waals surface area contributed by atoms with Gasteiger partial charge in [0.1, 0.15) is 12.4 Å². The van der Waals surface area contributed by atoms with Gasteiger partial charge in [-0.05, 0) is 20.7 Å². The summed E-state index contributed by atoms with van der Waals surface area (Å²) in [4.78, 5) is 12.1. The first-order chi connectivity index (χ1) is 10.9. The average Bonchev–Trinajstić information content (AvgIpc) is 2.50. The summed E-state index contributed by atoms with van der Waals surface area (Å²) < 4.78 is 32.2. The van der Waals surface area contributed by atoms with Crippen molar-refractivity contribution in [1.29, 1.82) is 0 Å². The smallest absolute Gasteiger partial charge is 0.256 e. The van der Waals surface area contributed by atoms with Gasteiger partial charge in [-0.25, -0.2) is 8.78 Å². The molecule has 0 bridgehead atoms. The second kappa shape index (κ2) is 9.99. The van der Waals surface area contributed by atoms with Crippen molar-refractivity contribution in [3.63, 3.8) is 0 Å². The molecule has 0 aliphatic heterocycles. The minimum atomic E-state index is -2.66. The van der Waals surface area contributed by atoms with Crippen LogP contribution in [0, 0.1) is 9.64 Å². The van der Waals surface area contributed by atoms with Crippen LogP contribution in [0.3, 0.4) is 0 Å². The molecule has 0 saturated carbocycles. The quantitative estimate of drug-likeness (QED) is 0.310. The normalized spacial score (nSPS) is 10.4. The van der Waals surface area contributed by atoms with Crippen molar-refractivity contribution in [2.24, 2.45) is 0 Å². The molecule has 8 heteroatoms. The van der Waals surface area contributed by atoms with E-state index in [2.05, 4.69) is 12.6 Å². The fraction of sp³-hybridized carbons (Fsp3) is 0.188.